The Morgan fingerprint density at radius 3 is 2.15 bits per heavy atom. The molecule has 3 nitrogen and oxygen atoms in total. The molecular weight excluding hydrogens is 272 g/mol. The minimum absolute atomic E-state index is 0. The van der Waals surface area contributed by atoms with Gasteiger partial charge in [0.15, 0.2) is 0 Å². The fourth-order valence-corrected chi connectivity index (χ4v) is 2.49. The van der Waals surface area contributed by atoms with Gasteiger partial charge in [-0.25, -0.2) is 0 Å². The third-order valence-corrected chi connectivity index (χ3v) is 4.40. The number of amides is 1. The molecule has 0 aromatic carbocycles. The Balaban J connectivity index is 0.00000361. The maximum atomic E-state index is 12.0. The summed E-state index contributed by atoms with van der Waals surface area (Å²) < 4.78 is 0. The predicted octanol–water partition coefficient (Wildman–Crippen LogP) is 3.52. The van der Waals surface area contributed by atoms with Gasteiger partial charge >= 0.3 is 0 Å². The molecule has 120 valence electrons. The van der Waals surface area contributed by atoms with Crippen LogP contribution in [0.2, 0.25) is 0 Å². The molecule has 2 N–H and O–H groups in total. The molecule has 1 unspecified atom stereocenters. The van der Waals surface area contributed by atoms with Gasteiger partial charge in [-0.3, -0.25) is 4.79 Å². The van der Waals surface area contributed by atoms with Crippen LogP contribution in [0.15, 0.2) is 0 Å². The van der Waals surface area contributed by atoms with E-state index in [2.05, 4.69) is 31.4 Å². The lowest BCUT2D eigenvalue weighted by Gasteiger charge is -2.26. The van der Waals surface area contributed by atoms with Crippen molar-refractivity contribution in [3.05, 3.63) is 0 Å². The molecule has 0 aliphatic heterocycles. The summed E-state index contributed by atoms with van der Waals surface area (Å²) in [6.45, 7) is 9.99. The van der Waals surface area contributed by atoms with E-state index in [1.165, 1.54) is 38.5 Å². The lowest BCUT2D eigenvalue weighted by Crippen LogP contribution is -2.41. The Morgan fingerprint density at radius 2 is 1.65 bits per heavy atom. The summed E-state index contributed by atoms with van der Waals surface area (Å²) in [5.74, 6) is 0.237. The second-order valence-corrected chi connectivity index (χ2v) is 7.02. The highest BCUT2D eigenvalue weighted by atomic mass is 35.5. The predicted molar refractivity (Wildman–Crippen MR) is 88.4 cm³/mol. The van der Waals surface area contributed by atoms with Crippen LogP contribution < -0.4 is 10.6 Å². The first-order valence-corrected chi connectivity index (χ1v) is 7.92. The van der Waals surface area contributed by atoms with Crippen LogP contribution in [0.1, 0.15) is 66.2 Å². The average Bonchev–Trinajstić information content (AvgIpc) is 2.60. The van der Waals surface area contributed by atoms with Crippen molar-refractivity contribution < 1.29 is 4.79 Å². The highest BCUT2D eigenvalue weighted by Gasteiger charge is 2.26. The fraction of sp³-hybridized carbons (Fsp3) is 0.938. The van der Waals surface area contributed by atoms with Crippen molar-refractivity contribution in [3.63, 3.8) is 0 Å². The first kappa shape index (κ1) is 19.7. The van der Waals surface area contributed by atoms with E-state index in [9.17, 15) is 4.79 Å². The molecule has 1 aliphatic rings. The van der Waals surface area contributed by atoms with Gasteiger partial charge in [0.2, 0.25) is 5.91 Å². The molecule has 1 saturated carbocycles. The van der Waals surface area contributed by atoms with Gasteiger partial charge in [-0.15, -0.1) is 12.4 Å². The summed E-state index contributed by atoms with van der Waals surface area (Å²) >= 11 is 0. The van der Waals surface area contributed by atoms with Crippen LogP contribution in [0.3, 0.4) is 0 Å². The minimum Gasteiger partial charge on any atom is -0.355 e. The highest BCUT2D eigenvalue weighted by Crippen LogP contribution is 2.25. The van der Waals surface area contributed by atoms with Crippen LogP contribution in [0, 0.1) is 11.3 Å². The zero-order valence-corrected chi connectivity index (χ0v) is 14.4. The number of hydrogen-bond acceptors (Lipinski definition) is 2. The largest absolute Gasteiger partial charge is 0.355 e. The van der Waals surface area contributed by atoms with Crippen LogP contribution >= 0.6 is 12.4 Å². The smallest absolute Gasteiger partial charge is 0.223 e. The molecular formula is C16H33ClN2O. The van der Waals surface area contributed by atoms with Gasteiger partial charge in [-0.05, 0) is 18.3 Å². The van der Waals surface area contributed by atoms with Crippen molar-refractivity contribution in [2.24, 2.45) is 11.3 Å². The number of hydrogen-bond donors (Lipinski definition) is 2. The molecule has 20 heavy (non-hydrogen) atoms. The van der Waals surface area contributed by atoms with E-state index in [0.717, 1.165) is 13.1 Å². The summed E-state index contributed by atoms with van der Waals surface area (Å²) in [5, 5.41) is 6.62. The number of carbonyl (C=O) groups is 1. The fourth-order valence-electron chi connectivity index (χ4n) is 2.49. The van der Waals surface area contributed by atoms with Gasteiger partial charge in [0.25, 0.3) is 0 Å². The summed E-state index contributed by atoms with van der Waals surface area (Å²) in [4.78, 5) is 12.0. The monoisotopic (exact) mass is 304 g/mol. The number of nitrogens with one attached hydrogen (secondary N) is 2. The molecule has 0 spiro atoms. The minimum atomic E-state index is 0. The average molecular weight is 305 g/mol. The van der Waals surface area contributed by atoms with Crippen molar-refractivity contribution in [1.29, 1.82) is 0 Å². The Hall–Kier alpha value is -0.280. The molecule has 1 fully saturated rings. The summed E-state index contributed by atoms with van der Waals surface area (Å²) in [6.07, 6.45) is 8.07. The molecule has 0 heterocycles. The van der Waals surface area contributed by atoms with E-state index in [0.29, 0.717) is 6.04 Å². The summed E-state index contributed by atoms with van der Waals surface area (Å²) in [7, 11) is 0. The van der Waals surface area contributed by atoms with Crippen LogP contribution in [-0.4, -0.2) is 25.0 Å². The molecule has 1 rings (SSSR count). The second-order valence-electron chi connectivity index (χ2n) is 7.02. The summed E-state index contributed by atoms with van der Waals surface area (Å²) in [6, 6.07) is 0.666. The third-order valence-electron chi connectivity index (χ3n) is 4.40. The first-order valence-electron chi connectivity index (χ1n) is 7.92. The van der Waals surface area contributed by atoms with Crippen LogP contribution in [-0.2, 0) is 4.79 Å². The van der Waals surface area contributed by atoms with Gasteiger partial charge in [0.05, 0.1) is 0 Å². The first-order chi connectivity index (χ1) is 8.91. The van der Waals surface area contributed by atoms with Gasteiger partial charge in [-0.1, -0.05) is 53.4 Å². The molecule has 0 radical (unpaired) electrons. The maximum Gasteiger partial charge on any atom is 0.223 e. The zero-order valence-electron chi connectivity index (χ0n) is 13.6. The van der Waals surface area contributed by atoms with Crippen molar-refractivity contribution in [3.8, 4) is 0 Å². The molecule has 4 heteroatoms. The molecule has 1 atom stereocenters. The lowest BCUT2D eigenvalue weighted by molar-refractivity contribution is -0.127. The van der Waals surface area contributed by atoms with E-state index in [1.807, 2.05) is 6.92 Å². The Morgan fingerprint density at radius 1 is 1.10 bits per heavy atom. The number of rotatable bonds is 5. The zero-order chi connectivity index (χ0) is 14.3. The van der Waals surface area contributed by atoms with Crippen LogP contribution in [0.4, 0.5) is 0 Å². The molecule has 0 bridgehead atoms. The standard InChI is InChI=1S/C16H32N2O.ClH/c1-13(16(2,3)4)15(19)18-12-11-17-14-9-7-5-6-8-10-14;/h13-14,17H,5-12H2,1-4H3,(H,18,19);1H. The van der Waals surface area contributed by atoms with Gasteiger partial charge in [0.1, 0.15) is 0 Å². The van der Waals surface area contributed by atoms with Crippen molar-refractivity contribution >= 4 is 18.3 Å². The SMILES string of the molecule is CC(C(=O)NCCNC1CCCCCC1)C(C)(C)C.Cl. The summed E-state index contributed by atoms with van der Waals surface area (Å²) in [5.41, 5.74) is 0.0405. The molecule has 0 aromatic heterocycles. The van der Waals surface area contributed by atoms with E-state index in [-0.39, 0.29) is 29.6 Å². The normalized spacial score (nSPS) is 18.8. The van der Waals surface area contributed by atoms with Crippen molar-refractivity contribution in [2.45, 2.75) is 72.3 Å². The molecule has 1 aliphatic carbocycles. The second kappa shape index (κ2) is 9.62. The maximum absolute atomic E-state index is 12.0. The molecule has 0 saturated heterocycles. The van der Waals surface area contributed by atoms with E-state index >= 15 is 0 Å². The Bertz CT molecular complexity index is 268. The third kappa shape index (κ3) is 7.49. The van der Waals surface area contributed by atoms with Gasteiger partial charge in [0, 0.05) is 25.0 Å². The quantitative estimate of drug-likeness (QED) is 0.603. The van der Waals surface area contributed by atoms with E-state index in [1.54, 1.807) is 0 Å². The van der Waals surface area contributed by atoms with Crippen LogP contribution in [0.25, 0.3) is 0 Å². The van der Waals surface area contributed by atoms with E-state index < -0.39 is 0 Å². The Labute approximate surface area is 131 Å². The number of carbonyl (C=O) groups excluding carboxylic acids is 1. The van der Waals surface area contributed by atoms with Crippen molar-refractivity contribution in [1.82, 2.24) is 10.6 Å². The van der Waals surface area contributed by atoms with Gasteiger partial charge in [-0.2, -0.15) is 0 Å². The Kier molecular flexibility index (Phi) is 9.48. The lowest BCUT2D eigenvalue weighted by atomic mass is 9.81. The molecule has 0 aromatic rings. The topological polar surface area (TPSA) is 41.1 Å². The van der Waals surface area contributed by atoms with E-state index in [4.69, 9.17) is 0 Å². The highest BCUT2D eigenvalue weighted by molar-refractivity contribution is 5.85. The van der Waals surface area contributed by atoms with Crippen LogP contribution in [0.5, 0.6) is 0 Å². The number of halogens is 1. The van der Waals surface area contributed by atoms with Gasteiger partial charge < -0.3 is 10.6 Å². The van der Waals surface area contributed by atoms with Crippen molar-refractivity contribution in [2.75, 3.05) is 13.1 Å². The molecule has 1 amide bonds.